The average molecular weight is 206 g/mol. The van der Waals surface area contributed by atoms with E-state index in [-0.39, 0.29) is 18.0 Å². The summed E-state index contributed by atoms with van der Waals surface area (Å²) in [6.45, 7) is 2.13. The standard InChI is InChI=1S/C11H16N4/c1-9(12)15-11(13)14-8-7-10-5-3-2-4-6-10/h2-6H,7-8H2,1H3,(H4,12,13,14,15)/i2D,3D. The Hall–Kier alpha value is -1.84. The molecule has 0 unspecified atom stereocenters. The summed E-state index contributed by atoms with van der Waals surface area (Å²) in [6.07, 6.45) is 0.659. The first-order valence-electron chi connectivity index (χ1n) is 5.66. The zero-order valence-electron chi connectivity index (χ0n) is 10.7. The second kappa shape index (κ2) is 5.80. The van der Waals surface area contributed by atoms with E-state index in [0.717, 1.165) is 5.56 Å². The van der Waals surface area contributed by atoms with Crippen molar-refractivity contribution in [3.8, 4) is 0 Å². The Balaban J connectivity index is 2.56. The summed E-state index contributed by atoms with van der Waals surface area (Å²) < 4.78 is 14.9. The molecule has 4 heteroatoms. The topological polar surface area (TPSA) is 76.8 Å². The molecule has 0 aliphatic heterocycles. The Morgan fingerprint density at radius 2 is 2.20 bits per heavy atom. The van der Waals surface area contributed by atoms with E-state index >= 15 is 0 Å². The smallest absolute Gasteiger partial charge is 0.216 e. The summed E-state index contributed by atoms with van der Waals surface area (Å²) in [5.41, 5.74) is 11.8. The van der Waals surface area contributed by atoms with Gasteiger partial charge >= 0.3 is 0 Å². The van der Waals surface area contributed by atoms with Gasteiger partial charge in [0, 0.05) is 6.54 Å². The summed E-state index contributed by atoms with van der Waals surface area (Å²) in [7, 11) is 0. The summed E-state index contributed by atoms with van der Waals surface area (Å²) in [5, 5.41) is 0. The number of benzene rings is 1. The quantitative estimate of drug-likeness (QED) is 0.570. The summed E-state index contributed by atoms with van der Waals surface area (Å²) in [6, 6.07) is 5.51. The zero-order chi connectivity index (χ0) is 12.8. The maximum absolute atomic E-state index is 7.49. The Kier molecular flexibility index (Phi) is 3.27. The fraction of sp³-hybridized carbons (Fsp3) is 0.273. The van der Waals surface area contributed by atoms with E-state index in [1.807, 2.05) is 6.07 Å². The SMILES string of the molecule is [2H]c1ccc(CCN=C(N)N=C(C)N)cc1[2H]. The van der Waals surface area contributed by atoms with Gasteiger partial charge < -0.3 is 11.5 Å². The Morgan fingerprint density at radius 1 is 1.40 bits per heavy atom. The molecule has 4 nitrogen and oxygen atoms in total. The van der Waals surface area contributed by atoms with Gasteiger partial charge in [-0.15, -0.1) is 0 Å². The third-order valence-corrected chi connectivity index (χ3v) is 1.69. The third-order valence-electron chi connectivity index (χ3n) is 1.69. The second-order valence-electron chi connectivity index (χ2n) is 3.08. The predicted octanol–water partition coefficient (Wildman–Crippen LogP) is 0.921. The Labute approximate surface area is 92.5 Å². The number of guanidine groups is 1. The fourth-order valence-corrected chi connectivity index (χ4v) is 1.05. The van der Waals surface area contributed by atoms with Gasteiger partial charge in [-0.1, -0.05) is 30.3 Å². The van der Waals surface area contributed by atoms with E-state index in [4.69, 9.17) is 14.2 Å². The van der Waals surface area contributed by atoms with Crippen LogP contribution in [0.1, 0.15) is 15.2 Å². The normalized spacial score (nSPS) is 14.7. The molecule has 0 bridgehead atoms. The molecule has 15 heavy (non-hydrogen) atoms. The van der Waals surface area contributed by atoms with Gasteiger partial charge in [-0.3, -0.25) is 4.99 Å². The van der Waals surface area contributed by atoms with Crippen molar-refractivity contribution in [1.29, 1.82) is 0 Å². The van der Waals surface area contributed by atoms with Gasteiger partial charge in [0.15, 0.2) is 0 Å². The Morgan fingerprint density at radius 3 is 2.87 bits per heavy atom. The van der Waals surface area contributed by atoms with Gasteiger partial charge in [0.25, 0.3) is 0 Å². The molecule has 0 aliphatic rings. The van der Waals surface area contributed by atoms with Crippen molar-refractivity contribution in [2.24, 2.45) is 21.5 Å². The van der Waals surface area contributed by atoms with E-state index in [9.17, 15) is 0 Å². The van der Waals surface area contributed by atoms with Crippen molar-refractivity contribution >= 4 is 11.8 Å². The first kappa shape index (κ1) is 8.47. The molecule has 0 spiro atoms. The van der Waals surface area contributed by atoms with Crippen molar-refractivity contribution in [2.75, 3.05) is 6.54 Å². The molecule has 80 valence electrons. The van der Waals surface area contributed by atoms with Crippen LogP contribution in [0.2, 0.25) is 0 Å². The van der Waals surface area contributed by atoms with Crippen molar-refractivity contribution in [1.82, 2.24) is 0 Å². The molecule has 0 radical (unpaired) electrons. The van der Waals surface area contributed by atoms with E-state index < -0.39 is 0 Å². The molecule has 0 saturated carbocycles. The van der Waals surface area contributed by atoms with Gasteiger partial charge in [0.2, 0.25) is 5.96 Å². The van der Waals surface area contributed by atoms with Crippen LogP contribution < -0.4 is 11.5 Å². The lowest BCUT2D eigenvalue weighted by Crippen LogP contribution is -2.16. The molecule has 0 heterocycles. The lowest BCUT2D eigenvalue weighted by Gasteiger charge is -1.97. The number of nitrogens with zero attached hydrogens (tertiary/aromatic N) is 2. The minimum atomic E-state index is 0.160. The van der Waals surface area contributed by atoms with E-state index in [1.54, 1.807) is 19.1 Å². The molecule has 1 rings (SSSR count). The highest BCUT2D eigenvalue weighted by Crippen LogP contribution is 1.99. The molecule has 1 aromatic rings. The predicted molar refractivity (Wildman–Crippen MR) is 63.9 cm³/mol. The molecule has 0 fully saturated rings. The van der Waals surface area contributed by atoms with Gasteiger partial charge in [-0.2, -0.15) is 0 Å². The fourth-order valence-electron chi connectivity index (χ4n) is 1.05. The van der Waals surface area contributed by atoms with Gasteiger partial charge in [0.1, 0.15) is 0 Å². The molecule has 0 aliphatic carbocycles. The lowest BCUT2D eigenvalue weighted by molar-refractivity contribution is 0.962. The minimum Gasteiger partial charge on any atom is -0.387 e. The van der Waals surface area contributed by atoms with Crippen LogP contribution in [0.4, 0.5) is 0 Å². The highest BCUT2D eigenvalue weighted by atomic mass is 15.1. The first-order valence-corrected chi connectivity index (χ1v) is 4.66. The van der Waals surface area contributed by atoms with E-state index in [0.29, 0.717) is 18.8 Å². The second-order valence-corrected chi connectivity index (χ2v) is 3.08. The van der Waals surface area contributed by atoms with Crippen LogP contribution in [-0.4, -0.2) is 18.3 Å². The third kappa shape index (κ3) is 4.81. The molecule has 0 amide bonds. The first-order chi connectivity index (χ1) is 7.99. The monoisotopic (exact) mass is 206 g/mol. The maximum Gasteiger partial charge on any atom is 0.216 e. The highest BCUT2D eigenvalue weighted by molar-refractivity contribution is 5.93. The van der Waals surface area contributed by atoms with Crippen LogP contribution in [0.25, 0.3) is 0 Å². The van der Waals surface area contributed by atoms with Crippen LogP contribution in [-0.2, 0) is 6.42 Å². The van der Waals surface area contributed by atoms with E-state index in [2.05, 4.69) is 9.98 Å². The van der Waals surface area contributed by atoms with Crippen molar-refractivity contribution < 1.29 is 2.74 Å². The number of hydrogen-bond acceptors (Lipinski definition) is 1. The Bertz CT molecular complexity index is 451. The van der Waals surface area contributed by atoms with Crippen molar-refractivity contribution in [3.05, 3.63) is 35.8 Å². The summed E-state index contributed by atoms with van der Waals surface area (Å²) in [4.78, 5) is 7.83. The van der Waals surface area contributed by atoms with Gasteiger partial charge in [-0.05, 0) is 18.9 Å². The molecule has 0 saturated heterocycles. The molecule has 1 aromatic carbocycles. The lowest BCUT2D eigenvalue weighted by atomic mass is 10.2. The minimum absolute atomic E-state index is 0.160. The number of hydrogen-bond donors (Lipinski definition) is 2. The van der Waals surface area contributed by atoms with Crippen molar-refractivity contribution in [3.63, 3.8) is 0 Å². The van der Waals surface area contributed by atoms with Gasteiger partial charge in [0.05, 0.1) is 8.58 Å². The molecular weight excluding hydrogens is 188 g/mol. The number of nitrogens with two attached hydrogens (primary N) is 2. The summed E-state index contributed by atoms with van der Waals surface area (Å²) >= 11 is 0. The highest BCUT2D eigenvalue weighted by Gasteiger charge is 1.91. The van der Waals surface area contributed by atoms with Crippen LogP contribution in [0.3, 0.4) is 0 Å². The maximum atomic E-state index is 7.49. The molecule has 4 N–H and O–H groups in total. The van der Waals surface area contributed by atoms with Crippen LogP contribution in [0.15, 0.2) is 40.3 Å². The van der Waals surface area contributed by atoms with Crippen molar-refractivity contribution in [2.45, 2.75) is 13.3 Å². The number of amidine groups is 1. The molecule has 0 atom stereocenters. The average Bonchev–Trinajstić information content (AvgIpc) is 2.22. The van der Waals surface area contributed by atoms with Crippen LogP contribution in [0, 0.1) is 0 Å². The zero-order valence-corrected chi connectivity index (χ0v) is 8.70. The van der Waals surface area contributed by atoms with Crippen LogP contribution in [0.5, 0.6) is 0 Å². The molecule has 0 aromatic heterocycles. The summed E-state index contributed by atoms with van der Waals surface area (Å²) in [5.74, 6) is 0.534. The van der Waals surface area contributed by atoms with E-state index in [1.165, 1.54) is 0 Å². The molecular formula is C11H16N4. The largest absolute Gasteiger partial charge is 0.387 e. The van der Waals surface area contributed by atoms with Gasteiger partial charge in [-0.25, -0.2) is 4.99 Å². The number of aliphatic imine (C=N–C) groups is 2. The van der Waals surface area contributed by atoms with Crippen LogP contribution >= 0.6 is 0 Å². The number of rotatable bonds is 3.